The van der Waals surface area contributed by atoms with Crippen LogP contribution in [-0.2, 0) is 13.5 Å². The standard InChI is InChI=1S/C14H17ClN2O2/c1-9-13(14(15)17(2)16-9)12(18)8-10-5-4-6-11(7-10)19-3/h4-7,12,18H,8H2,1-3H3. The van der Waals surface area contributed by atoms with Gasteiger partial charge in [-0.1, -0.05) is 23.7 Å². The molecule has 102 valence electrons. The molecule has 0 aliphatic rings. The largest absolute Gasteiger partial charge is 0.497 e. The summed E-state index contributed by atoms with van der Waals surface area (Å²) < 4.78 is 6.74. The predicted molar refractivity (Wildman–Crippen MR) is 74.6 cm³/mol. The lowest BCUT2D eigenvalue weighted by molar-refractivity contribution is 0.177. The van der Waals surface area contributed by atoms with E-state index in [0.717, 1.165) is 17.0 Å². The smallest absolute Gasteiger partial charge is 0.132 e. The second-order valence-electron chi connectivity index (χ2n) is 4.48. The van der Waals surface area contributed by atoms with Gasteiger partial charge in [-0.15, -0.1) is 0 Å². The molecule has 4 nitrogen and oxygen atoms in total. The highest BCUT2D eigenvalue weighted by molar-refractivity contribution is 6.30. The summed E-state index contributed by atoms with van der Waals surface area (Å²) >= 11 is 6.15. The number of halogens is 1. The van der Waals surface area contributed by atoms with Gasteiger partial charge in [0.25, 0.3) is 0 Å². The van der Waals surface area contributed by atoms with Crippen molar-refractivity contribution in [3.63, 3.8) is 0 Å². The third-order valence-electron chi connectivity index (χ3n) is 3.09. The first kappa shape index (κ1) is 13.9. The Morgan fingerprint density at radius 1 is 1.47 bits per heavy atom. The van der Waals surface area contributed by atoms with Gasteiger partial charge in [-0.25, -0.2) is 0 Å². The van der Waals surface area contributed by atoms with Gasteiger partial charge in [0, 0.05) is 19.0 Å². The summed E-state index contributed by atoms with van der Waals surface area (Å²) in [6.07, 6.45) is -0.197. The third-order valence-corrected chi connectivity index (χ3v) is 3.54. The number of rotatable bonds is 4. The molecule has 0 bridgehead atoms. The lowest BCUT2D eigenvalue weighted by Crippen LogP contribution is -2.03. The maximum absolute atomic E-state index is 10.3. The van der Waals surface area contributed by atoms with E-state index in [2.05, 4.69) is 5.10 Å². The van der Waals surface area contributed by atoms with Gasteiger partial charge >= 0.3 is 0 Å². The van der Waals surface area contributed by atoms with Crippen LogP contribution in [0.2, 0.25) is 5.15 Å². The van der Waals surface area contributed by atoms with E-state index in [4.69, 9.17) is 16.3 Å². The Bertz CT molecular complexity index is 581. The summed E-state index contributed by atoms with van der Waals surface area (Å²) in [6, 6.07) is 7.63. The van der Waals surface area contributed by atoms with E-state index in [1.807, 2.05) is 31.2 Å². The van der Waals surface area contributed by atoms with Crippen molar-refractivity contribution in [3.05, 3.63) is 46.2 Å². The summed E-state index contributed by atoms with van der Waals surface area (Å²) in [5, 5.41) is 15.0. The summed E-state index contributed by atoms with van der Waals surface area (Å²) in [7, 11) is 3.38. The highest BCUT2D eigenvalue weighted by Crippen LogP contribution is 2.28. The monoisotopic (exact) mass is 280 g/mol. The number of ether oxygens (including phenoxy) is 1. The van der Waals surface area contributed by atoms with Crippen molar-refractivity contribution >= 4 is 11.6 Å². The van der Waals surface area contributed by atoms with E-state index >= 15 is 0 Å². The maximum atomic E-state index is 10.3. The van der Waals surface area contributed by atoms with Gasteiger partial charge in [-0.05, 0) is 24.6 Å². The van der Waals surface area contributed by atoms with Gasteiger partial charge in [-0.3, -0.25) is 4.68 Å². The van der Waals surface area contributed by atoms with Crippen LogP contribution in [0, 0.1) is 6.92 Å². The summed E-state index contributed by atoms with van der Waals surface area (Å²) in [5.41, 5.74) is 2.43. The average Bonchev–Trinajstić information content (AvgIpc) is 2.63. The second kappa shape index (κ2) is 5.63. The van der Waals surface area contributed by atoms with Crippen molar-refractivity contribution < 1.29 is 9.84 Å². The van der Waals surface area contributed by atoms with Crippen LogP contribution in [0.5, 0.6) is 5.75 Å². The van der Waals surface area contributed by atoms with Crippen molar-refractivity contribution in [2.45, 2.75) is 19.4 Å². The van der Waals surface area contributed by atoms with Crippen LogP contribution in [0.1, 0.15) is 22.9 Å². The number of aryl methyl sites for hydroxylation is 2. The molecule has 0 saturated heterocycles. The fourth-order valence-electron chi connectivity index (χ4n) is 2.15. The van der Waals surface area contributed by atoms with Crippen LogP contribution >= 0.6 is 11.6 Å². The molecular weight excluding hydrogens is 264 g/mol. The van der Waals surface area contributed by atoms with Crippen LogP contribution in [0.3, 0.4) is 0 Å². The summed E-state index contributed by atoms with van der Waals surface area (Å²) in [6.45, 7) is 1.84. The number of nitrogens with zero attached hydrogens (tertiary/aromatic N) is 2. The molecule has 0 aliphatic heterocycles. The fourth-order valence-corrected chi connectivity index (χ4v) is 2.45. The Balaban J connectivity index is 2.22. The van der Waals surface area contributed by atoms with Crippen LogP contribution in [0.15, 0.2) is 24.3 Å². The Morgan fingerprint density at radius 3 is 2.79 bits per heavy atom. The number of aliphatic hydroxyl groups is 1. The third kappa shape index (κ3) is 2.91. The van der Waals surface area contributed by atoms with Crippen LogP contribution in [0.25, 0.3) is 0 Å². The Labute approximate surface area is 117 Å². The molecule has 0 spiro atoms. The first-order chi connectivity index (χ1) is 9.02. The van der Waals surface area contributed by atoms with Crippen molar-refractivity contribution in [1.29, 1.82) is 0 Å². The normalized spacial score (nSPS) is 12.5. The molecule has 2 aromatic rings. The fraction of sp³-hybridized carbons (Fsp3) is 0.357. The van der Waals surface area contributed by atoms with Crippen molar-refractivity contribution in [3.8, 4) is 5.75 Å². The minimum absolute atomic E-state index is 0.476. The quantitative estimate of drug-likeness (QED) is 0.937. The molecule has 1 aromatic heterocycles. The van der Waals surface area contributed by atoms with E-state index in [1.165, 1.54) is 0 Å². The SMILES string of the molecule is COc1cccc(CC(O)c2c(C)nn(C)c2Cl)c1. The Morgan fingerprint density at radius 2 is 2.21 bits per heavy atom. The topological polar surface area (TPSA) is 47.3 Å². The average molecular weight is 281 g/mol. The molecule has 1 aromatic carbocycles. The van der Waals surface area contributed by atoms with Crippen LogP contribution in [-0.4, -0.2) is 22.0 Å². The van der Waals surface area contributed by atoms with Crippen molar-refractivity contribution in [2.75, 3.05) is 7.11 Å². The van der Waals surface area contributed by atoms with Gasteiger partial charge in [0.05, 0.1) is 18.9 Å². The molecule has 1 N–H and O–H groups in total. The molecule has 2 rings (SSSR count). The molecular formula is C14H17ClN2O2. The molecule has 5 heteroatoms. The summed E-state index contributed by atoms with van der Waals surface area (Å²) in [4.78, 5) is 0. The van der Waals surface area contributed by atoms with Crippen molar-refractivity contribution in [1.82, 2.24) is 9.78 Å². The van der Waals surface area contributed by atoms with E-state index in [-0.39, 0.29) is 0 Å². The highest BCUT2D eigenvalue weighted by atomic mass is 35.5. The lowest BCUT2D eigenvalue weighted by Gasteiger charge is -2.11. The highest BCUT2D eigenvalue weighted by Gasteiger charge is 2.19. The van der Waals surface area contributed by atoms with Crippen LogP contribution in [0.4, 0.5) is 0 Å². The number of aliphatic hydroxyl groups excluding tert-OH is 1. The maximum Gasteiger partial charge on any atom is 0.132 e. The molecule has 0 fully saturated rings. The second-order valence-corrected chi connectivity index (χ2v) is 4.84. The van der Waals surface area contributed by atoms with Crippen molar-refractivity contribution in [2.24, 2.45) is 7.05 Å². The van der Waals surface area contributed by atoms with Crippen LogP contribution < -0.4 is 4.74 Å². The lowest BCUT2D eigenvalue weighted by atomic mass is 10.0. The number of benzene rings is 1. The number of hydrogen-bond acceptors (Lipinski definition) is 3. The number of methoxy groups -OCH3 is 1. The predicted octanol–water partition coefficient (Wildman–Crippen LogP) is 2.67. The molecule has 0 saturated carbocycles. The molecule has 1 atom stereocenters. The van der Waals surface area contributed by atoms with Gasteiger partial charge in [0.2, 0.25) is 0 Å². The van der Waals surface area contributed by atoms with Gasteiger partial charge in [0.15, 0.2) is 0 Å². The molecule has 1 unspecified atom stereocenters. The molecule has 0 radical (unpaired) electrons. The minimum atomic E-state index is -0.673. The summed E-state index contributed by atoms with van der Waals surface area (Å²) in [5.74, 6) is 0.777. The zero-order valence-corrected chi connectivity index (χ0v) is 12.0. The molecule has 0 aliphatic carbocycles. The van der Waals surface area contributed by atoms with Gasteiger partial charge < -0.3 is 9.84 Å². The Kier molecular flexibility index (Phi) is 4.12. The minimum Gasteiger partial charge on any atom is -0.497 e. The first-order valence-corrected chi connectivity index (χ1v) is 6.40. The Hall–Kier alpha value is -1.52. The van der Waals surface area contributed by atoms with E-state index in [0.29, 0.717) is 17.1 Å². The first-order valence-electron chi connectivity index (χ1n) is 6.03. The van der Waals surface area contributed by atoms with E-state index < -0.39 is 6.10 Å². The van der Waals surface area contributed by atoms with E-state index in [9.17, 15) is 5.11 Å². The molecule has 19 heavy (non-hydrogen) atoms. The van der Waals surface area contributed by atoms with Gasteiger partial charge in [0.1, 0.15) is 10.9 Å². The van der Waals surface area contributed by atoms with Gasteiger partial charge in [-0.2, -0.15) is 5.10 Å². The number of hydrogen-bond donors (Lipinski definition) is 1. The molecule has 1 heterocycles. The number of aromatic nitrogens is 2. The zero-order valence-electron chi connectivity index (χ0n) is 11.2. The zero-order chi connectivity index (χ0) is 14.0. The molecule has 0 amide bonds. The van der Waals surface area contributed by atoms with E-state index in [1.54, 1.807) is 18.8 Å².